The number of anilines is 1. The topological polar surface area (TPSA) is 95.1 Å². The standard InChI is InChI=1S/C21H19N5O2/c1-28-14-10-8-13(9-11-14)26-19(22)17(21(27)23-12-6-7-12)18-20(26)25-16-5-3-2-4-15(16)24-18/h2-5,8-12H,6-7,22H2,1H3,(H,23,27). The van der Waals surface area contributed by atoms with Gasteiger partial charge >= 0.3 is 0 Å². The van der Waals surface area contributed by atoms with Gasteiger partial charge in [0.15, 0.2) is 5.65 Å². The number of benzene rings is 2. The highest BCUT2D eigenvalue weighted by atomic mass is 16.5. The zero-order valence-electron chi connectivity index (χ0n) is 15.3. The van der Waals surface area contributed by atoms with Gasteiger partial charge in [-0.2, -0.15) is 0 Å². The minimum Gasteiger partial charge on any atom is -0.497 e. The molecule has 140 valence electrons. The molecule has 28 heavy (non-hydrogen) atoms. The Kier molecular flexibility index (Phi) is 3.68. The van der Waals surface area contributed by atoms with Gasteiger partial charge in [-0.25, -0.2) is 9.97 Å². The van der Waals surface area contributed by atoms with Crippen molar-refractivity contribution in [1.29, 1.82) is 0 Å². The van der Waals surface area contributed by atoms with Crippen LogP contribution in [0.3, 0.4) is 0 Å². The normalized spacial score (nSPS) is 13.8. The summed E-state index contributed by atoms with van der Waals surface area (Å²) in [7, 11) is 1.62. The molecule has 5 rings (SSSR count). The van der Waals surface area contributed by atoms with E-state index in [1.807, 2.05) is 48.5 Å². The van der Waals surface area contributed by atoms with Crippen LogP contribution >= 0.6 is 0 Å². The molecule has 7 heteroatoms. The van der Waals surface area contributed by atoms with E-state index in [2.05, 4.69) is 5.32 Å². The maximum atomic E-state index is 12.9. The van der Waals surface area contributed by atoms with Crippen LogP contribution in [0.1, 0.15) is 23.2 Å². The predicted octanol–water partition coefficient (Wildman–Crippen LogP) is 3.06. The molecule has 3 N–H and O–H groups in total. The van der Waals surface area contributed by atoms with E-state index in [1.54, 1.807) is 11.7 Å². The first-order chi connectivity index (χ1) is 13.7. The average molecular weight is 373 g/mol. The maximum absolute atomic E-state index is 12.9. The van der Waals surface area contributed by atoms with Crippen LogP contribution < -0.4 is 15.8 Å². The Morgan fingerprint density at radius 2 is 1.79 bits per heavy atom. The number of carbonyl (C=O) groups excluding carboxylic acids is 1. The van der Waals surface area contributed by atoms with Crippen molar-refractivity contribution in [3.63, 3.8) is 0 Å². The number of amides is 1. The minimum absolute atomic E-state index is 0.207. The number of hydrogen-bond acceptors (Lipinski definition) is 5. The lowest BCUT2D eigenvalue weighted by Crippen LogP contribution is -2.26. The molecule has 2 heterocycles. The monoisotopic (exact) mass is 373 g/mol. The van der Waals surface area contributed by atoms with Gasteiger partial charge in [-0.05, 0) is 49.2 Å². The number of ether oxygens (including phenoxy) is 1. The molecule has 0 spiro atoms. The number of rotatable bonds is 4. The summed E-state index contributed by atoms with van der Waals surface area (Å²) in [6.45, 7) is 0. The van der Waals surface area contributed by atoms with Gasteiger partial charge < -0.3 is 15.8 Å². The molecule has 1 saturated carbocycles. The number of nitrogens with zero attached hydrogens (tertiary/aromatic N) is 3. The van der Waals surface area contributed by atoms with Crippen molar-refractivity contribution in [2.45, 2.75) is 18.9 Å². The molecule has 0 aliphatic heterocycles. The highest BCUT2D eigenvalue weighted by Crippen LogP contribution is 2.32. The van der Waals surface area contributed by atoms with E-state index in [-0.39, 0.29) is 11.9 Å². The highest BCUT2D eigenvalue weighted by molar-refractivity contribution is 6.11. The number of carbonyl (C=O) groups is 1. The molecular weight excluding hydrogens is 354 g/mol. The number of fused-ring (bicyclic) bond motifs is 2. The van der Waals surface area contributed by atoms with Crippen LogP contribution in [-0.4, -0.2) is 33.6 Å². The second kappa shape index (κ2) is 6.23. The molecule has 1 aliphatic carbocycles. The number of nitrogens with two attached hydrogens (primary N) is 1. The van der Waals surface area contributed by atoms with Gasteiger partial charge in [0.05, 0.1) is 18.1 Å². The summed E-state index contributed by atoms with van der Waals surface area (Å²) in [5.74, 6) is 0.859. The Morgan fingerprint density at radius 1 is 1.11 bits per heavy atom. The van der Waals surface area contributed by atoms with Crippen LogP contribution in [0.2, 0.25) is 0 Å². The SMILES string of the molecule is COc1ccc(-n2c(N)c(C(=O)NC3CC3)c3nc4ccccc4nc32)cc1. The van der Waals surface area contributed by atoms with Gasteiger partial charge in [-0.1, -0.05) is 12.1 Å². The van der Waals surface area contributed by atoms with Crippen LogP contribution in [0.25, 0.3) is 27.9 Å². The summed E-state index contributed by atoms with van der Waals surface area (Å²) in [6, 6.07) is 15.3. The molecular formula is C21H19N5O2. The summed E-state index contributed by atoms with van der Waals surface area (Å²) in [5.41, 5.74) is 10.2. The summed E-state index contributed by atoms with van der Waals surface area (Å²) >= 11 is 0. The molecule has 1 fully saturated rings. The van der Waals surface area contributed by atoms with E-state index in [0.29, 0.717) is 22.5 Å². The van der Waals surface area contributed by atoms with Gasteiger partial charge in [0, 0.05) is 11.7 Å². The smallest absolute Gasteiger partial charge is 0.257 e. The Labute approximate surface area is 161 Å². The number of aromatic nitrogens is 3. The molecule has 4 aromatic rings. The summed E-state index contributed by atoms with van der Waals surface area (Å²) in [5, 5.41) is 3.01. The number of methoxy groups -OCH3 is 1. The Morgan fingerprint density at radius 3 is 2.43 bits per heavy atom. The molecule has 0 unspecified atom stereocenters. The van der Waals surface area contributed by atoms with Crippen molar-refractivity contribution >= 4 is 33.9 Å². The van der Waals surface area contributed by atoms with Crippen molar-refractivity contribution in [3.05, 3.63) is 54.1 Å². The van der Waals surface area contributed by atoms with E-state index < -0.39 is 0 Å². The van der Waals surface area contributed by atoms with Crippen LogP contribution in [0.5, 0.6) is 5.75 Å². The van der Waals surface area contributed by atoms with E-state index in [0.717, 1.165) is 35.3 Å². The Bertz CT molecular complexity index is 1210. The summed E-state index contributed by atoms with van der Waals surface area (Å²) in [6.07, 6.45) is 1.99. The molecule has 2 aromatic carbocycles. The fourth-order valence-corrected chi connectivity index (χ4v) is 3.36. The van der Waals surface area contributed by atoms with E-state index in [1.165, 1.54) is 0 Å². The Balaban J connectivity index is 1.78. The van der Waals surface area contributed by atoms with Gasteiger partial charge in [0.2, 0.25) is 0 Å². The van der Waals surface area contributed by atoms with E-state index in [4.69, 9.17) is 20.4 Å². The first kappa shape index (κ1) is 16.6. The summed E-state index contributed by atoms with van der Waals surface area (Å²) in [4.78, 5) is 22.4. The first-order valence-electron chi connectivity index (χ1n) is 9.17. The fraction of sp³-hybridized carbons (Fsp3) is 0.190. The fourth-order valence-electron chi connectivity index (χ4n) is 3.36. The third kappa shape index (κ3) is 2.63. The lowest BCUT2D eigenvalue weighted by atomic mass is 10.2. The third-order valence-electron chi connectivity index (χ3n) is 4.97. The molecule has 2 aromatic heterocycles. The van der Waals surface area contributed by atoms with Crippen LogP contribution in [0.15, 0.2) is 48.5 Å². The zero-order chi connectivity index (χ0) is 19.3. The van der Waals surface area contributed by atoms with Crippen LogP contribution in [0, 0.1) is 0 Å². The third-order valence-corrected chi connectivity index (χ3v) is 4.97. The van der Waals surface area contributed by atoms with Gasteiger partial charge in [0.1, 0.15) is 22.6 Å². The molecule has 7 nitrogen and oxygen atoms in total. The largest absolute Gasteiger partial charge is 0.497 e. The van der Waals surface area contributed by atoms with E-state index in [9.17, 15) is 4.79 Å². The second-order valence-corrected chi connectivity index (χ2v) is 6.93. The van der Waals surface area contributed by atoms with Crippen LogP contribution in [0.4, 0.5) is 5.82 Å². The molecule has 0 bridgehead atoms. The van der Waals surface area contributed by atoms with E-state index >= 15 is 0 Å². The van der Waals surface area contributed by atoms with Crippen molar-refractivity contribution in [1.82, 2.24) is 19.9 Å². The molecule has 0 atom stereocenters. The van der Waals surface area contributed by atoms with Gasteiger partial charge in [-0.15, -0.1) is 0 Å². The quantitative estimate of drug-likeness (QED) is 0.573. The average Bonchev–Trinajstić information content (AvgIpc) is 3.48. The molecule has 1 aliphatic rings. The molecule has 1 amide bonds. The highest BCUT2D eigenvalue weighted by Gasteiger charge is 2.29. The van der Waals surface area contributed by atoms with Gasteiger partial charge in [-0.3, -0.25) is 9.36 Å². The zero-order valence-corrected chi connectivity index (χ0v) is 15.3. The van der Waals surface area contributed by atoms with Crippen LogP contribution in [-0.2, 0) is 0 Å². The summed E-state index contributed by atoms with van der Waals surface area (Å²) < 4.78 is 7.02. The first-order valence-corrected chi connectivity index (χ1v) is 9.17. The Hall–Kier alpha value is -3.61. The lowest BCUT2D eigenvalue weighted by molar-refractivity contribution is 0.0953. The number of hydrogen-bond donors (Lipinski definition) is 2. The van der Waals surface area contributed by atoms with Crippen molar-refractivity contribution in [3.8, 4) is 11.4 Å². The van der Waals surface area contributed by atoms with Gasteiger partial charge in [0.25, 0.3) is 5.91 Å². The maximum Gasteiger partial charge on any atom is 0.257 e. The van der Waals surface area contributed by atoms with Crippen molar-refractivity contribution in [2.24, 2.45) is 0 Å². The predicted molar refractivity (Wildman–Crippen MR) is 108 cm³/mol. The number of para-hydroxylation sites is 2. The molecule has 0 saturated heterocycles. The second-order valence-electron chi connectivity index (χ2n) is 6.93. The number of nitrogen functional groups attached to an aromatic ring is 1. The number of nitrogens with one attached hydrogen (secondary N) is 1. The molecule has 0 radical (unpaired) electrons. The van der Waals surface area contributed by atoms with Crippen molar-refractivity contribution in [2.75, 3.05) is 12.8 Å². The minimum atomic E-state index is -0.207. The van der Waals surface area contributed by atoms with Crippen molar-refractivity contribution < 1.29 is 9.53 Å². The lowest BCUT2D eigenvalue weighted by Gasteiger charge is -2.09.